The molecule has 1 aromatic carbocycles. The summed E-state index contributed by atoms with van der Waals surface area (Å²) in [4.78, 5) is 11.9. The molecule has 2 rings (SSSR count). The highest BCUT2D eigenvalue weighted by Gasteiger charge is 2.32. The maximum atomic E-state index is 11.8. The van der Waals surface area contributed by atoms with Crippen LogP contribution in [0.2, 0.25) is 0 Å². The number of hydrogen-bond acceptors (Lipinski definition) is 3. The summed E-state index contributed by atoms with van der Waals surface area (Å²) in [6.07, 6.45) is 3.97. The molecule has 0 heterocycles. The first-order valence-corrected chi connectivity index (χ1v) is 8.82. The molecule has 1 saturated carbocycles. The van der Waals surface area contributed by atoms with E-state index >= 15 is 0 Å². The van der Waals surface area contributed by atoms with Crippen LogP contribution in [0.3, 0.4) is 0 Å². The summed E-state index contributed by atoms with van der Waals surface area (Å²) in [5.41, 5.74) is 1.03. The molecule has 5 nitrogen and oxygen atoms in total. The van der Waals surface area contributed by atoms with Crippen molar-refractivity contribution in [3.05, 3.63) is 29.8 Å². The summed E-state index contributed by atoms with van der Waals surface area (Å²) in [7, 11) is -3.62. The molecular formula is C15H22N2O3S. The van der Waals surface area contributed by atoms with Gasteiger partial charge in [0.1, 0.15) is 0 Å². The van der Waals surface area contributed by atoms with Crippen LogP contribution in [0.15, 0.2) is 29.2 Å². The smallest absolute Gasteiger partial charge is 0.238 e. The van der Waals surface area contributed by atoms with Gasteiger partial charge in [0.15, 0.2) is 0 Å². The summed E-state index contributed by atoms with van der Waals surface area (Å²) in [5.74, 6) is 0.844. The minimum absolute atomic E-state index is 0.123. The highest BCUT2D eigenvalue weighted by molar-refractivity contribution is 7.89. The fourth-order valence-corrected chi connectivity index (χ4v) is 2.84. The van der Waals surface area contributed by atoms with Crippen LogP contribution in [0.1, 0.15) is 31.7 Å². The van der Waals surface area contributed by atoms with E-state index in [4.69, 9.17) is 5.14 Å². The van der Waals surface area contributed by atoms with Gasteiger partial charge in [-0.25, -0.2) is 13.6 Å². The molecule has 0 radical (unpaired) electrons. The van der Waals surface area contributed by atoms with Gasteiger partial charge in [0.25, 0.3) is 0 Å². The van der Waals surface area contributed by atoms with Crippen LogP contribution < -0.4 is 10.5 Å². The number of primary sulfonamides is 1. The number of carbonyl (C=O) groups excluding carboxylic acids is 1. The number of sulfonamides is 1. The summed E-state index contributed by atoms with van der Waals surface area (Å²) < 4.78 is 22.3. The van der Waals surface area contributed by atoms with Crippen LogP contribution in [0.4, 0.5) is 0 Å². The Bertz CT molecular complexity index is 592. The molecule has 3 N–H and O–H groups in total. The van der Waals surface area contributed by atoms with Crippen molar-refractivity contribution in [1.82, 2.24) is 5.32 Å². The molecule has 0 aromatic heterocycles. The van der Waals surface area contributed by atoms with Gasteiger partial charge in [-0.05, 0) is 49.3 Å². The number of hydrogen-bond donors (Lipinski definition) is 2. The first-order chi connectivity index (χ1) is 9.88. The van der Waals surface area contributed by atoms with Gasteiger partial charge in [0, 0.05) is 12.5 Å². The Hall–Kier alpha value is -1.40. The number of nitrogens with two attached hydrogens (primary N) is 1. The Morgan fingerprint density at radius 3 is 2.48 bits per heavy atom. The number of aryl methyl sites for hydroxylation is 1. The fraction of sp³-hybridized carbons (Fsp3) is 0.533. The van der Waals surface area contributed by atoms with Crippen LogP contribution in [0.5, 0.6) is 0 Å². The molecule has 1 unspecified atom stereocenters. The van der Waals surface area contributed by atoms with Gasteiger partial charge < -0.3 is 5.32 Å². The Kier molecular flexibility index (Phi) is 5.00. The quantitative estimate of drug-likeness (QED) is 0.747. The van der Waals surface area contributed by atoms with Crippen LogP contribution in [0.25, 0.3) is 0 Å². The summed E-state index contributed by atoms with van der Waals surface area (Å²) >= 11 is 0. The fourth-order valence-electron chi connectivity index (χ4n) is 2.32. The molecule has 1 atom stereocenters. The molecule has 0 spiro atoms. The zero-order chi connectivity index (χ0) is 15.5. The van der Waals surface area contributed by atoms with E-state index in [2.05, 4.69) is 5.32 Å². The highest BCUT2D eigenvalue weighted by Crippen LogP contribution is 2.36. The number of benzene rings is 1. The van der Waals surface area contributed by atoms with Crippen molar-refractivity contribution in [1.29, 1.82) is 0 Å². The van der Waals surface area contributed by atoms with Crippen LogP contribution in [-0.4, -0.2) is 20.9 Å². The van der Waals surface area contributed by atoms with Gasteiger partial charge in [-0.15, -0.1) is 0 Å². The van der Waals surface area contributed by atoms with Crippen molar-refractivity contribution in [3.8, 4) is 0 Å². The average molecular weight is 310 g/mol. The summed E-state index contributed by atoms with van der Waals surface area (Å²) in [6, 6.07) is 6.54. The minimum atomic E-state index is -3.62. The molecule has 116 valence electrons. The van der Waals surface area contributed by atoms with E-state index < -0.39 is 10.0 Å². The van der Waals surface area contributed by atoms with E-state index in [0.717, 1.165) is 18.4 Å². The molecule has 21 heavy (non-hydrogen) atoms. The molecule has 1 amide bonds. The van der Waals surface area contributed by atoms with E-state index in [0.29, 0.717) is 12.5 Å². The highest BCUT2D eigenvalue weighted by atomic mass is 32.2. The topological polar surface area (TPSA) is 89.3 Å². The van der Waals surface area contributed by atoms with Crippen molar-refractivity contribution in [3.63, 3.8) is 0 Å². The largest absolute Gasteiger partial charge is 0.356 e. The normalized spacial score (nSPS) is 16.5. The Labute approximate surface area is 126 Å². The average Bonchev–Trinajstić information content (AvgIpc) is 3.26. The number of carbonyl (C=O) groups is 1. The third-order valence-corrected chi connectivity index (χ3v) is 4.87. The molecule has 1 fully saturated rings. The lowest BCUT2D eigenvalue weighted by Gasteiger charge is -2.11. The van der Waals surface area contributed by atoms with E-state index in [1.54, 1.807) is 12.1 Å². The second-order valence-electron chi connectivity index (χ2n) is 5.71. The van der Waals surface area contributed by atoms with Crippen molar-refractivity contribution < 1.29 is 13.2 Å². The molecule has 6 heteroatoms. The Balaban J connectivity index is 1.72. The standard InChI is InChI=1S/C15H22N2O3S/c1-11(13-6-7-13)15(18)17-10-2-3-12-4-8-14(9-5-12)21(16,19)20/h4-5,8-9,11,13H,2-3,6-7,10H2,1H3,(H,17,18)(H2,16,19,20). The van der Waals surface area contributed by atoms with Crippen LogP contribution in [0, 0.1) is 11.8 Å². The third-order valence-electron chi connectivity index (χ3n) is 3.94. The zero-order valence-corrected chi connectivity index (χ0v) is 13.0. The van der Waals surface area contributed by atoms with Gasteiger partial charge in [-0.2, -0.15) is 0 Å². The minimum Gasteiger partial charge on any atom is -0.356 e. The Morgan fingerprint density at radius 2 is 1.95 bits per heavy atom. The Morgan fingerprint density at radius 1 is 1.33 bits per heavy atom. The van der Waals surface area contributed by atoms with Crippen LogP contribution >= 0.6 is 0 Å². The van der Waals surface area contributed by atoms with Gasteiger partial charge in [0.2, 0.25) is 15.9 Å². The number of nitrogens with one attached hydrogen (secondary N) is 1. The molecule has 0 bridgehead atoms. The van der Waals surface area contributed by atoms with Crippen molar-refractivity contribution >= 4 is 15.9 Å². The second kappa shape index (κ2) is 6.58. The predicted octanol–water partition coefficient (Wildman–Crippen LogP) is 1.43. The first kappa shape index (κ1) is 16.0. The van der Waals surface area contributed by atoms with Crippen molar-refractivity contribution in [2.24, 2.45) is 17.0 Å². The summed E-state index contributed by atoms with van der Waals surface area (Å²) in [5, 5.41) is 8.00. The monoisotopic (exact) mass is 310 g/mol. The van der Waals surface area contributed by atoms with Crippen molar-refractivity contribution in [2.75, 3.05) is 6.54 Å². The van der Waals surface area contributed by atoms with E-state index in [-0.39, 0.29) is 16.7 Å². The molecular weight excluding hydrogens is 288 g/mol. The molecule has 0 saturated heterocycles. The van der Waals surface area contributed by atoms with Gasteiger partial charge in [-0.1, -0.05) is 19.1 Å². The van der Waals surface area contributed by atoms with E-state index in [1.807, 2.05) is 6.92 Å². The zero-order valence-electron chi connectivity index (χ0n) is 12.2. The predicted molar refractivity (Wildman–Crippen MR) is 81.0 cm³/mol. The van der Waals surface area contributed by atoms with Crippen molar-refractivity contribution in [2.45, 2.75) is 37.5 Å². The number of rotatable bonds is 7. The summed E-state index contributed by atoms with van der Waals surface area (Å²) in [6.45, 7) is 2.63. The lowest BCUT2D eigenvalue weighted by atomic mass is 10.1. The molecule has 0 aliphatic heterocycles. The first-order valence-electron chi connectivity index (χ1n) is 7.27. The molecule has 1 aliphatic carbocycles. The van der Waals surface area contributed by atoms with E-state index in [1.165, 1.54) is 25.0 Å². The maximum Gasteiger partial charge on any atom is 0.238 e. The third kappa shape index (κ3) is 4.82. The lowest BCUT2D eigenvalue weighted by molar-refractivity contribution is -0.125. The SMILES string of the molecule is CC(C(=O)NCCCc1ccc(S(N)(=O)=O)cc1)C1CC1. The number of amides is 1. The van der Waals surface area contributed by atoms with E-state index in [9.17, 15) is 13.2 Å². The van der Waals surface area contributed by atoms with Gasteiger partial charge >= 0.3 is 0 Å². The van der Waals surface area contributed by atoms with Gasteiger partial charge in [0.05, 0.1) is 4.90 Å². The van der Waals surface area contributed by atoms with Crippen LogP contribution in [-0.2, 0) is 21.2 Å². The maximum absolute atomic E-state index is 11.8. The second-order valence-corrected chi connectivity index (χ2v) is 7.27. The van der Waals surface area contributed by atoms with Gasteiger partial charge in [-0.3, -0.25) is 4.79 Å². The lowest BCUT2D eigenvalue weighted by Crippen LogP contribution is -2.31. The molecule has 1 aromatic rings. The molecule has 1 aliphatic rings.